The number of nitrogens with zero attached hydrogens (tertiary/aromatic N) is 1. The number of carbonyl (C=O) groups is 3. The lowest BCUT2D eigenvalue weighted by Gasteiger charge is -2.15. The average molecular weight is 287 g/mol. The van der Waals surface area contributed by atoms with Gasteiger partial charge in [0.05, 0.1) is 5.69 Å². The minimum atomic E-state index is -0.173. The third kappa shape index (κ3) is 3.57. The molecule has 1 aromatic carbocycles. The largest absolute Gasteiger partial charge is 0.300 e. The Bertz CT molecular complexity index is 548. The number of aryl methyl sites for hydroxylation is 1. The van der Waals surface area contributed by atoms with Crippen LogP contribution in [0.3, 0.4) is 0 Å². The van der Waals surface area contributed by atoms with Crippen LogP contribution in [0.4, 0.5) is 5.69 Å². The number of carbonyl (C=O) groups excluding carboxylic acids is 3. The van der Waals surface area contributed by atoms with Gasteiger partial charge in [-0.3, -0.25) is 14.5 Å². The lowest BCUT2D eigenvalue weighted by atomic mass is 10.1. The highest BCUT2D eigenvalue weighted by molar-refractivity contribution is 6.20. The monoisotopic (exact) mass is 287 g/mol. The van der Waals surface area contributed by atoms with Crippen molar-refractivity contribution in [1.29, 1.82) is 0 Å². The fraction of sp³-hybridized carbons (Fsp3) is 0.471. The molecule has 21 heavy (non-hydrogen) atoms. The van der Waals surface area contributed by atoms with Crippen molar-refractivity contribution in [2.24, 2.45) is 5.92 Å². The molecule has 0 aromatic heterocycles. The Kier molecular flexibility index (Phi) is 4.89. The Labute approximate surface area is 125 Å². The van der Waals surface area contributed by atoms with Gasteiger partial charge in [-0.15, -0.1) is 0 Å². The molecule has 4 heteroatoms. The number of Topliss-reactive ketones (excluding diaryl/α,β-unsaturated/α-hetero) is 1. The molecule has 0 saturated carbocycles. The molecule has 1 saturated heterocycles. The molecule has 1 unspecified atom stereocenters. The molecule has 4 nitrogen and oxygen atoms in total. The van der Waals surface area contributed by atoms with E-state index < -0.39 is 0 Å². The van der Waals surface area contributed by atoms with Gasteiger partial charge in [-0.25, -0.2) is 0 Å². The molecule has 0 bridgehead atoms. The number of anilines is 1. The average Bonchev–Trinajstić information content (AvgIpc) is 2.74. The Balaban J connectivity index is 2.03. The fourth-order valence-corrected chi connectivity index (χ4v) is 2.64. The van der Waals surface area contributed by atoms with E-state index in [0.29, 0.717) is 24.9 Å². The van der Waals surface area contributed by atoms with Gasteiger partial charge in [-0.05, 0) is 43.9 Å². The van der Waals surface area contributed by atoms with Crippen molar-refractivity contribution in [1.82, 2.24) is 0 Å². The number of amides is 2. The van der Waals surface area contributed by atoms with Crippen molar-refractivity contribution in [3.8, 4) is 0 Å². The molecule has 1 atom stereocenters. The Hall–Kier alpha value is -1.97. The minimum Gasteiger partial charge on any atom is -0.300 e. The predicted octanol–water partition coefficient (Wildman–Crippen LogP) is 2.89. The van der Waals surface area contributed by atoms with Crippen LogP contribution >= 0.6 is 0 Å². The van der Waals surface area contributed by atoms with Crippen molar-refractivity contribution in [3.05, 3.63) is 29.8 Å². The molecule has 1 aliphatic heterocycles. The van der Waals surface area contributed by atoms with Crippen LogP contribution in [0.5, 0.6) is 0 Å². The van der Waals surface area contributed by atoms with Crippen molar-refractivity contribution in [3.63, 3.8) is 0 Å². The smallest absolute Gasteiger partial charge is 0.237 e. The molecular weight excluding hydrogens is 266 g/mol. The van der Waals surface area contributed by atoms with Gasteiger partial charge >= 0.3 is 0 Å². The molecule has 0 spiro atoms. The van der Waals surface area contributed by atoms with E-state index in [9.17, 15) is 14.4 Å². The van der Waals surface area contributed by atoms with Crippen LogP contribution < -0.4 is 4.90 Å². The number of rotatable bonds is 6. The normalized spacial score (nSPS) is 18.4. The van der Waals surface area contributed by atoms with Crippen molar-refractivity contribution in [2.45, 2.75) is 46.0 Å². The van der Waals surface area contributed by atoms with E-state index in [1.165, 1.54) is 4.90 Å². The number of hydrogen-bond donors (Lipinski definition) is 0. The van der Waals surface area contributed by atoms with Crippen molar-refractivity contribution in [2.75, 3.05) is 4.90 Å². The maximum absolute atomic E-state index is 12.1. The minimum absolute atomic E-state index is 0.0909. The topological polar surface area (TPSA) is 54.5 Å². The van der Waals surface area contributed by atoms with Crippen LogP contribution in [-0.2, 0) is 20.8 Å². The quantitative estimate of drug-likeness (QED) is 0.756. The second-order valence-electron chi connectivity index (χ2n) is 5.60. The summed E-state index contributed by atoms with van der Waals surface area (Å²) in [6.07, 6.45) is 3.26. The molecule has 0 N–H and O–H groups in total. The van der Waals surface area contributed by atoms with Crippen LogP contribution in [0.15, 0.2) is 24.3 Å². The summed E-state index contributed by atoms with van der Waals surface area (Å²) in [4.78, 5) is 36.3. The van der Waals surface area contributed by atoms with E-state index in [-0.39, 0.29) is 23.5 Å². The van der Waals surface area contributed by atoms with Crippen LogP contribution in [0.25, 0.3) is 0 Å². The maximum Gasteiger partial charge on any atom is 0.237 e. The first-order valence-corrected chi connectivity index (χ1v) is 7.48. The fourth-order valence-electron chi connectivity index (χ4n) is 2.64. The molecule has 1 aromatic rings. The van der Waals surface area contributed by atoms with Crippen molar-refractivity contribution < 1.29 is 14.4 Å². The molecule has 1 heterocycles. The second kappa shape index (κ2) is 6.66. The molecule has 2 amide bonds. The second-order valence-corrected chi connectivity index (χ2v) is 5.60. The van der Waals surface area contributed by atoms with Gasteiger partial charge in [0.2, 0.25) is 11.8 Å². The molecule has 2 rings (SSSR count). The summed E-state index contributed by atoms with van der Waals surface area (Å²) in [5.41, 5.74) is 1.77. The summed E-state index contributed by atoms with van der Waals surface area (Å²) in [6.45, 7) is 3.52. The van der Waals surface area contributed by atoms with E-state index in [2.05, 4.69) is 0 Å². The van der Waals surface area contributed by atoms with E-state index in [1.807, 2.05) is 31.2 Å². The molecule has 0 radical (unpaired) electrons. The zero-order valence-electron chi connectivity index (χ0n) is 12.6. The Morgan fingerprint density at radius 2 is 1.90 bits per heavy atom. The lowest BCUT2D eigenvalue weighted by molar-refractivity contribution is -0.122. The summed E-state index contributed by atoms with van der Waals surface area (Å²) >= 11 is 0. The van der Waals surface area contributed by atoms with E-state index >= 15 is 0 Å². The molecular formula is C17H21NO3. The number of benzene rings is 1. The molecule has 1 aliphatic rings. The van der Waals surface area contributed by atoms with Crippen LogP contribution in [-0.4, -0.2) is 17.6 Å². The van der Waals surface area contributed by atoms with E-state index in [4.69, 9.17) is 0 Å². The highest BCUT2D eigenvalue weighted by Gasteiger charge is 2.38. The van der Waals surface area contributed by atoms with Gasteiger partial charge in [-0.2, -0.15) is 0 Å². The van der Waals surface area contributed by atoms with E-state index in [0.717, 1.165) is 18.4 Å². The molecule has 1 fully saturated rings. The molecule has 112 valence electrons. The number of hydrogen-bond acceptors (Lipinski definition) is 3. The summed E-state index contributed by atoms with van der Waals surface area (Å²) in [6, 6.07) is 7.48. The van der Waals surface area contributed by atoms with Crippen molar-refractivity contribution >= 4 is 23.3 Å². The number of ketones is 1. The first-order chi connectivity index (χ1) is 10.0. The summed E-state index contributed by atoms with van der Waals surface area (Å²) < 4.78 is 0. The van der Waals surface area contributed by atoms with Gasteiger partial charge in [0, 0.05) is 18.8 Å². The summed E-state index contributed by atoms with van der Waals surface area (Å²) in [7, 11) is 0. The third-order valence-electron chi connectivity index (χ3n) is 3.92. The summed E-state index contributed by atoms with van der Waals surface area (Å²) in [5.74, 6) is -0.179. The van der Waals surface area contributed by atoms with Gasteiger partial charge in [0.1, 0.15) is 5.78 Å². The first-order valence-electron chi connectivity index (χ1n) is 7.48. The predicted molar refractivity (Wildman–Crippen MR) is 81.0 cm³/mol. The van der Waals surface area contributed by atoms with E-state index in [1.54, 1.807) is 6.92 Å². The standard InChI is InChI=1S/C17H21NO3/c1-3-14-11-16(20)18(17(14)21)15-9-7-13(8-10-15)6-4-5-12(2)19/h7-10,14H,3-6,11H2,1-2H3. The maximum atomic E-state index is 12.1. The zero-order valence-corrected chi connectivity index (χ0v) is 12.6. The lowest BCUT2D eigenvalue weighted by Crippen LogP contribution is -2.30. The van der Waals surface area contributed by atoms with Gasteiger partial charge in [-0.1, -0.05) is 19.1 Å². The zero-order chi connectivity index (χ0) is 15.4. The highest BCUT2D eigenvalue weighted by atomic mass is 16.2. The van der Waals surface area contributed by atoms with Crippen LogP contribution in [0.1, 0.15) is 45.1 Å². The Morgan fingerprint density at radius 3 is 2.43 bits per heavy atom. The highest BCUT2D eigenvalue weighted by Crippen LogP contribution is 2.28. The van der Waals surface area contributed by atoms with Gasteiger partial charge in [0.25, 0.3) is 0 Å². The van der Waals surface area contributed by atoms with Gasteiger partial charge in [0.15, 0.2) is 0 Å². The number of imide groups is 1. The van der Waals surface area contributed by atoms with Crippen LogP contribution in [0, 0.1) is 5.92 Å². The Morgan fingerprint density at radius 1 is 1.24 bits per heavy atom. The SMILES string of the molecule is CCC1CC(=O)N(c2ccc(CCCC(C)=O)cc2)C1=O. The third-order valence-corrected chi connectivity index (χ3v) is 3.92. The molecule has 0 aliphatic carbocycles. The summed E-state index contributed by atoms with van der Waals surface area (Å²) in [5, 5.41) is 0. The van der Waals surface area contributed by atoms with Gasteiger partial charge < -0.3 is 4.79 Å². The van der Waals surface area contributed by atoms with Crippen LogP contribution in [0.2, 0.25) is 0 Å². The first kappa shape index (κ1) is 15.4.